The van der Waals surface area contributed by atoms with Gasteiger partial charge in [-0.25, -0.2) is 4.79 Å². The van der Waals surface area contributed by atoms with Gasteiger partial charge >= 0.3 is 6.03 Å². The fourth-order valence-electron chi connectivity index (χ4n) is 2.00. The van der Waals surface area contributed by atoms with E-state index in [0.717, 1.165) is 24.2 Å². The number of amides is 2. The van der Waals surface area contributed by atoms with Crippen molar-refractivity contribution in [3.63, 3.8) is 0 Å². The number of aliphatic hydroxyl groups is 1. The van der Waals surface area contributed by atoms with Gasteiger partial charge in [0.1, 0.15) is 0 Å². The molecule has 2 N–H and O–H groups in total. The van der Waals surface area contributed by atoms with Crippen LogP contribution in [0.25, 0.3) is 0 Å². The van der Waals surface area contributed by atoms with Crippen molar-refractivity contribution in [3.8, 4) is 0 Å². The maximum Gasteiger partial charge on any atom is 0.317 e. The second-order valence-corrected chi connectivity index (χ2v) is 4.78. The molecule has 0 saturated carbocycles. The molecule has 1 aromatic carbocycles. The van der Waals surface area contributed by atoms with Crippen LogP contribution in [0.2, 0.25) is 0 Å². The smallest absolute Gasteiger partial charge is 0.317 e. The second kappa shape index (κ2) is 10.2. The van der Waals surface area contributed by atoms with Crippen LogP contribution in [0.1, 0.15) is 31.4 Å². The molecule has 1 aromatic rings. The molecule has 0 spiro atoms. The van der Waals surface area contributed by atoms with Gasteiger partial charge in [0, 0.05) is 26.2 Å². The summed E-state index contributed by atoms with van der Waals surface area (Å²) < 4.78 is 5.57. The van der Waals surface area contributed by atoms with Gasteiger partial charge in [-0.05, 0) is 24.5 Å². The van der Waals surface area contributed by atoms with Gasteiger partial charge in [0.2, 0.25) is 0 Å². The highest BCUT2D eigenvalue weighted by atomic mass is 16.5. The molecule has 5 heteroatoms. The van der Waals surface area contributed by atoms with Crippen molar-refractivity contribution in [1.29, 1.82) is 0 Å². The first-order valence-electron chi connectivity index (χ1n) is 7.51. The molecule has 2 amide bonds. The number of ether oxygens (including phenoxy) is 1. The Balaban J connectivity index is 2.55. The lowest BCUT2D eigenvalue weighted by molar-refractivity contribution is 0.121. The molecule has 0 aromatic heterocycles. The van der Waals surface area contributed by atoms with Crippen molar-refractivity contribution < 1.29 is 14.6 Å². The minimum atomic E-state index is -0.157. The Hall–Kier alpha value is -1.59. The van der Waals surface area contributed by atoms with Gasteiger partial charge in [0.15, 0.2) is 0 Å². The van der Waals surface area contributed by atoms with E-state index in [-0.39, 0.29) is 12.6 Å². The van der Waals surface area contributed by atoms with Crippen molar-refractivity contribution in [2.45, 2.75) is 33.4 Å². The lowest BCUT2D eigenvalue weighted by Gasteiger charge is -2.20. The zero-order valence-electron chi connectivity index (χ0n) is 13.0. The molecule has 0 heterocycles. The summed E-state index contributed by atoms with van der Waals surface area (Å²) in [4.78, 5) is 13.6. The van der Waals surface area contributed by atoms with E-state index in [1.54, 1.807) is 4.90 Å². The highest BCUT2D eigenvalue weighted by molar-refractivity contribution is 5.74. The zero-order chi connectivity index (χ0) is 15.5. The van der Waals surface area contributed by atoms with Crippen LogP contribution in [0, 0.1) is 0 Å². The first kappa shape index (κ1) is 17.5. The quantitative estimate of drug-likeness (QED) is 0.686. The fourth-order valence-corrected chi connectivity index (χ4v) is 2.00. The van der Waals surface area contributed by atoms with Crippen LogP contribution in [-0.2, 0) is 17.9 Å². The summed E-state index contributed by atoms with van der Waals surface area (Å²) in [5.74, 6) is 0. The monoisotopic (exact) mass is 294 g/mol. The lowest BCUT2D eigenvalue weighted by Crippen LogP contribution is -2.41. The molecule has 118 valence electrons. The Labute approximate surface area is 126 Å². The number of hydrogen-bond donors (Lipinski definition) is 2. The third-order valence-corrected chi connectivity index (χ3v) is 3.19. The van der Waals surface area contributed by atoms with Gasteiger partial charge < -0.3 is 20.1 Å². The number of carbonyl (C=O) groups is 1. The summed E-state index contributed by atoms with van der Waals surface area (Å²) in [7, 11) is 0. The highest BCUT2D eigenvalue weighted by Crippen LogP contribution is 2.10. The first-order valence-corrected chi connectivity index (χ1v) is 7.51. The van der Waals surface area contributed by atoms with Gasteiger partial charge in [-0.15, -0.1) is 0 Å². The summed E-state index contributed by atoms with van der Waals surface area (Å²) >= 11 is 0. The molecule has 0 aliphatic carbocycles. The molecule has 0 atom stereocenters. The molecule has 0 saturated heterocycles. The summed E-state index contributed by atoms with van der Waals surface area (Å²) in [6.07, 6.45) is 0.992. The van der Waals surface area contributed by atoms with E-state index in [4.69, 9.17) is 9.84 Å². The van der Waals surface area contributed by atoms with E-state index in [1.165, 1.54) is 0 Å². The van der Waals surface area contributed by atoms with Crippen molar-refractivity contribution in [3.05, 3.63) is 35.4 Å². The predicted octanol–water partition coefficient (Wildman–Crippen LogP) is 2.14. The molecular formula is C16H26N2O3. The van der Waals surface area contributed by atoms with Crippen molar-refractivity contribution in [1.82, 2.24) is 10.2 Å². The van der Waals surface area contributed by atoms with E-state index in [9.17, 15) is 4.79 Å². The highest BCUT2D eigenvalue weighted by Gasteiger charge is 2.11. The summed E-state index contributed by atoms with van der Waals surface area (Å²) in [6, 6.07) is 7.78. The maximum absolute atomic E-state index is 12.0. The number of hydrogen-bond acceptors (Lipinski definition) is 3. The molecule has 5 nitrogen and oxygen atoms in total. The molecule has 0 fully saturated rings. The van der Waals surface area contributed by atoms with E-state index < -0.39 is 0 Å². The number of benzene rings is 1. The fraction of sp³-hybridized carbons (Fsp3) is 0.562. The average molecular weight is 294 g/mol. The molecule has 21 heavy (non-hydrogen) atoms. The van der Waals surface area contributed by atoms with Gasteiger partial charge in [-0.3, -0.25) is 0 Å². The van der Waals surface area contributed by atoms with Gasteiger partial charge in [-0.2, -0.15) is 0 Å². The Morgan fingerprint density at radius 1 is 1.29 bits per heavy atom. The summed E-state index contributed by atoms with van der Waals surface area (Å²) in [5, 5.41) is 11.8. The molecule has 0 unspecified atom stereocenters. The number of carbonyl (C=O) groups excluding carboxylic acids is 1. The maximum atomic E-state index is 12.0. The number of aliphatic hydroxyl groups excluding tert-OH is 1. The zero-order valence-corrected chi connectivity index (χ0v) is 13.0. The van der Waals surface area contributed by atoms with Crippen LogP contribution < -0.4 is 5.32 Å². The van der Waals surface area contributed by atoms with Crippen LogP contribution in [0.4, 0.5) is 4.79 Å². The number of nitrogens with one attached hydrogen (secondary N) is 1. The third-order valence-electron chi connectivity index (χ3n) is 3.19. The van der Waals surface area contributed by atoms with E-state index in [0.29, 0.717) is 26.2 Å². The van der Waals surface area contributed by atoms with E-state index in [1.807, 2.05) is 31.2 Å². The molecule has 0 aliphatic rings. The minimum Gasteiger partial charge on any atom is -0.395 e. The summed E-state index contributed by atoms with van der Waals surface area (Å²) in [5.41, 5.74) is 2.15. The Morgan fingerprint density at radius 3 is 2.62 bits per heavy atom. The van der Waals surface area contributed by atoms with Crippen molar-refractivity contribution >= 4 is 6.03 Å². The Bertz CT molecular complexity index is 424. The van der Waals surface area contributed by atoms with Crippen molar-refractivity contribution in [2.75, 3.05) is 26.3 Å². The molecule has 0 bridgehead atoms. The van der Waals surface area contributed by atoms with Crippen LogP contribution >= 0.6 is 0 Å². The first-order chi connectivity index (χ1) is 10.2. The summed E-state index contributed by atoms with van der Waals surface area (Å²) in [6.45, 7) is 6.63. The molecule has 0 aliphatic heterocycles. The van der Waals surface area contributed by atoms with Crippen molar-refractivity contribution in [2.24, 2.45) is 0 Å². The Kier molecular flexibility index (Phi) is 8.47. The third kappa shape index (κ3) is 6.14. The van der Waals surface area contributed by atoms with Crippen LogP contribution in [0.3, 0.4) is 0 Å². The number of nitrogens with zero attached hydrogens (tertiary/aromatic N) is 1. The predicted molar refractivity (Wildman–Crippen MR) is 83.0 cm³/mol. The topological polar surface area (TPSA) is 61.8 Å². The average Bonchev–Trinajstić information content (AvgIpc) is 2.51. The van der Waals surface area contributed by atoms with Gasteiger partial charge in [0.05, 0.1) is 13.2 Å². The second-order valence-electron chi connectivity index (χ2n) is 4.78. The van der Waals surface area contributed by atoms with Gasteiger partial charge in [0.25, 0.3) is 0 Å². The molecular weight excluding hydrogens is 268 g/mol. The number of likely N-dealkylation sites (N-methyl/N-ethyl adjacent to an activating group) is 1. The van der Waals surface area contributed by atoms with E-state index >= 15 is 0 Å². The molecule has 1 rings (SSSR count). The van der Waals surface area contributed by atoms with Crippen LogP contribution in [0.5, 0.6) is 0 Å². The lowest BCUT2D eigenvalue weighted by atomic mass is 10.1. The van der Waals surface area contributed by atoms with Crippen LogP contribution in [-0.4, -0.2) is 42.3 Å². The van der Waals surface area contributed by atoms with Gasteiger partial charge in [-0.1, -0.05) is 31.2 Å². The standard InChI is InChI=1S/C16H26N2O3/c1-3-11-21-13-15-8-6-5-7-14(15)12-17-16(20)18(4-2)9-10-19/h5-8,19H,3-4,9-13H2,1-2H3,(H,17,20). The normalized spacial score (nSPS) is 10.4. The molecule has 0 radical (unpaired) electrons. The largest absolute Gasteiger partial charge is 0.395 e. The minimum absolute atomic E-state index is 0.0251. The van der Waals surface area contributed by atoms with E-state index in [2.05, 4.69) is 12.2 Å². The SMILES string of the molecule is CCCOCc1ccccc1CNC(=O)N(CC)CCO. The number of urea groups is 1. The number of rotatable bonds is 9. The Morgan fingerprint density at radius 2 is 2.00 bits per heavy atom. The van der Waals surface area contributed by atoms with Crippen LogP contribution in [0.15, 0.2) is 24.3 Å².